The molecule has 4 rings (SSSR count). The van der Waals surface area contributed by atoms with Crippen LogP contribution in [0.25, 0.3) is 22.3 Å². The van der Waals surface area contributed by atoms with E-state index in [1.54, 1.807) is 42.5 Å². The zero-order valence-corrected chi connectivity index (χ0v) is 21.2. The smallest absolute Gasteiger partial charge is 0.255 e. The number of hydrogen-bond acceptors (Lipinski definition) is 7. The fourth-order valence-corrected chi connectivity index (χ4v) is 4.92. The summed E-state index contributed by atoms with van der Waals surface area (Å²) in [6.07, 6.45) is 1.02. The van der Waals surface area contributed by atoms with Crippen molar-refractivity contribution in [2.24, 2.45) is 0 Å². The first-order valence-corrected chi connectivity index (χ1v) is 13.1. The van der Waals surface area contributed by atoms with Crippen LogP contribution in [-0.2, 0) is 10.0 Å². The maximum atomic E-state index is 14.0. The second-order valence-corrected chi connectivity index (χ2v) is 10.1. The third-order valence-electron chi connectivity index (χ3n) is 5.72. The zero-order chi connectivity index (χ0) is 26.7. The molecule has 0 spiro atoms. The summed E-state index contributed by atoms with van der Waals surface area (Å²) in [7, 11) is -0.881. The first kappa shape index (κ1) is 26.0. The van der Waals surface area contributed by atoms with E-state index in [1.807, 2.05) is 0 Å². The van der Waals surface area contributed by atoms with Crippen LogP contribution in [0, 0.1) is 5.82 Å². The number of hydrogen-bond donors (Lipinski definition) is 3. The molecule has 3 N–H and O–H groups in total. The Balaban J connectivity index is 1.83. The van der Waals surface area contributed by atoms with E-state index in [4.69, 9.17) is 9.15 Å². The molecule has 1 aromatic heterocycles. The van der Waals surface area contributed by atoms with Gasteiger partial charge in [0.15, 0.2) is 0 Å². The number of halogens is 1. The Morgan fingerprint density at radius 1 is 1.14 bits per heavy atom. The predicted molar refractivity (Wildman–Crippen MR) is 141 cm³/mol. The highest BCUT2D eigenvalue weighted by Gasteiger charge is 2.27. The number of fused-ring (bicyclic) bond motifs is 1. The van der Waals surface area contributed by atoms with Gasteiger partial charge in [0.25, 0.3) is 5.91 Å². The quantitative estimate of drug-likeness (QED) is 0.300. The van der Waals surface area contributed by atoms with Gasteiger partial charge in [-0.3, -0.25) is 9.10 Å². The highest BCUT2D eigenvalue weighted by Crippen LogP contribution is 2.41. The number of aliphatic hydroxyl groups excluding tert-OH is 1. The number of nitrogens with one attached hydrogen (secondary N) is 2. The van der Waals surface area contributed by atoms with Crippen molar-refractivity contribution in [3.05, 3.63) is 72.0 Å². The third-order valence-corrected chi connectivity index (χ3v) is 6.90. The van der Waals surface area contributed by atoms with Crippen molar-refractivity contribution in [2.75, 3.05) is 43.2 Å². The van der Waals surface area contributed by atoms with Crippen LogP contribution in [0.1, 0.15) is 10.4 Å². The van der Waals surface area contributed by atoms with Gasteiger partial charge >= 0.3 is 0 Å². The lowest BCUT2D eigenvalue weighted by Crippen LogP contribution is -2.32. The second kappa shape index (κ2) is 10.5. The molecule has 0 aliphatic carbocycles. The number of ether oxygens (including phenoxy) is 1. The SMILES string of the molecule is CNC(=O)c1c(-c2ccc(Nc3ccccc3F)cc2)oc2cc(N(CCO)S(C)(=O)=O)c(OC)cc12. The number of rotatable bonds is 9. The van der Waals surface area contributed by atoms with Gasteiger partial charge in [-0.1, -0.05) is 12.1 Å². The minimum absolute atomic E-state index is 0.166. The fourth-order valence-electron chi connectivity index (χ4n) is 4.00. The van der Waals surface area contributed by atoms with E-state index < -0.39 is 22.5 Å². The second-order valence-electron chi connectivity index (χ2n) is 8.15. The monoisotopic (exact) mass is 527 g/mol. The topological polar surface area (TPSA) is 121 Å². The Morgan fingerprint density at radius 3 is 2.43 bits per heavy atom. The molecule has 0 bridgehead atoms. The highest BCUT2D eigenvalue weighted by atomic mass is 32.2. The predicted octanol–water partition coefficient (Wildman–Crippen LogP) is 4.11. The van der Waals surface area contributed by atoms with E-state index in [9.17, 15) is 22.7 Å². The van der Waals surface area contributed by atoms with Crippen LogP contribution in [0.5, 0.6) is 5.75 Å². The van der Waals surface area contributed by atoms with Crippen molar-refractivity contribution in [1.29, 1.82) is 0 Å². The van der Waals surface area contributed by atoms with Crippen LogP contribution >= 0.6 is 0 Å². The Hall–Kier alpha value is -4.09. The first-order chi connectivity index (χ1) is 17.7. The maximum Gasteiger partial charge on any atom is 0.255 e. The number of amides is 1. The van der Waals surface area contributed by atoms with Gasteiger partial charge in [-0.25, -0.2) is 12.8 Å². The molecular formula is C26H26FN3O6S. The normalized spacial score (nSPS) is 11.4. The Kier molecular flexibility index (Phi) is 7.37. The molecule has 1 amide bonds. The van der Waals surface area contributed by atoms with E-state index in [0.717, 1.165) is 10.6 Å². The summed E-state index contributed by atoms with van der Waals surface area (Å²) < 4.78 is 51.3. The van der Waals surface area contributed by atoms with Crippen LogP contribution in [0.4, 0.5) is 21.5 Å². The van der Waals surface area contributed by atoms with Gasteiger partial charge in [0, 0.05) is 29.8 Å². The van der Waals surface area contributed by atoms with Crippen LogP contribution in [-0.4, -0.2) is 53.0 Å². The number of benzene rings is 3. The standard InChI is InChI=1S/C26H26FN3O6S/c1-28-26(32)24-18-14-23(35-2)21(30(12-13-31)37(3,33)34)15-22(18)36-25(24)16-8-10-17(11-9-16)29-20-7-5-4-6-19(20)27/h4-11,14-15,29,31H,12-13H2,1-3H3,(H,28,32). The molecule has 0 aliphatic heterocycles. The Bertz CT molecular complexity index is 1550. The number of furan rings is 1. The third kappa shape index (κ3) is 5.23. The van der Waals surface area contributed by atoms with Crippen LogP contribution in [0.2, 0.25) is 0 Å². The molecule has 0 saturated heterocycles. The molecule has 0 atom stereocenters. The molecule has 0 aliphatic rings. The van der Waals surface area contributed by atoms with Crippen molar-refractivity contribution in [3.8, 4) is 17.1 Å². The van der Waals surface area contributed by atoms with Gasteiger partial charge in [0.1, 0.15) is 22.9 Å². The minimum Gasteiger partial charge on any atom is -0.495 e. The van der Waals surface area contributed by atoms with Crippen molar-refractivity contribution < 1.29 is 31.9 Å². The van der Waals surface area contributed by atoms with Gasteiger partial charge in [0.2, 0.25) is 10.0 Å². The maximum absolute atomic E-state index is 14.0. The molecule has 0 saturated carbocycles. The van der Waals surface area contributed by atoms with Gasteiger partial charge < -0.3 is 24.9 Å². The van der Waals surface area contributed by atoms with Gasteiger partial charge in [0.05, 0.1) is 43.5 Å². The highest BCUT2D eigenvalue weighted by molar-refractivity contribution is 7.92. The molecule has 11 heteroatoms. The lowest BCUT2D eigenvalue weighted by atomic mass is 10.0. The van der Waals surface area contributed by atoms with Crippen molar-refractivity contribution in [3.63, 3.8) is 0 Å². The molecule has 0 radical (unpaired) electrons. The molecule has 3 aromatic carbocycles. The lowest BCUT2D eigenvalue weighted by Gasteiger charge is -2.23. The Morgan fingerprint density at radius 2 is 1.84 bits per heavy atom. The molecule has 1 heterocycles. The summed E-state index contributed by atoms with van der Waals surface area (Å²) in [5, 5.41) is 15.4. The summed E-state index contributed by atoms with van der Waals surface area (Å²) in [4.78, 5) is 12.9. The largest absolute Gasteiger partial charge is 0.495 e. The molecule has 9 nitrogen and oxygen atoms in total. The van der Waals surface area contributed by atoms with Crippen molar-refractivity contribution >= 4 is 44.0 Å². The molecule has 0 unspecified atom stereocenters. The van der Waals surface area contributed by atoms with Gasteiger partial charge in [-0.15, -0.1) is 0 Å². The number of nitrogens with zero attached hydrogens (tertiary/aromatic N) is 1. The number of anilines is 3. The Labute approximate surface area is 213 Å². The molecule has 194 valence electrons. The molecule has 37 heavy (non-hydrogen) atoms. The fraction of sp³-hybridized carbons (Fsp3) is 0.192. The average Bonchev–Trinajstić information content (AvgIpc) is 3.25. The first-order valence-electron chi connectivity index (χ1n) is 11.2. The summed E-state index contributed by atoms with van der Waals surface area (Å²) >= 11 is 0. The van der Waals surface area contributed by atoms with Crippen LogP contribution < -0.4 is 19.7 Å². The molecule has 4 aromatic rings. The number of methoxy groups -OCH3 is 1. The minimum atomic E-state index is -3.75. The number of carbonyl (C=O) groups excluding carboxylic acids is 1. The molecular weight excluding hydrogens is 501 g/mol. The summed E-state index contributed by atoms with van der Waals surface area (Å²) in [6, 6.07) is 16.2. The zero-order valence-electron chi connectivity index (χ0n) is 20.4. The summed E-state index contributed by atoms with van der Waals surface area (Å²) in [6.45, 7) is -0.596. The van der Waals surface area contributed by atoms with E-state index >= 15 is 0 Å². The van der Waals surface area contributed by atoms with Crippen LogP contribution in [0.3, 0.4) is 0 Å². The average molecular weight is 528 g/mol. The van der Waals surface area contributed by atoms with E-state index in [-0.39, 0.29) is 40.7 Å². The van der Waals surface area contributed by atoms with E-state index in [1.165, 1.54) is 32.4 Å². The number of sulfonamides is 1. The van der Waals surface area contributed by atoms with Crippen molar-refractivity contribution in [2.45, 2.75) is 0 Å². The number of aliphatic hydroxyl groups is 1. The lowest BCUT2D eigenvalue weighted by molar-refractivity contribution is 0.0964. The van der Waals surface area contributed by atoms with Gasteiger partial charge in [-0.05, 0) is 42.5 Å². The van der Waals surface area contributed by atoms with E-state index in [0.29, 0.717) is 22.3 Å². The van der Waals surface area contributed by atoms with Gasteiger partial charge in [-0.2, -0.15) is 0 Å². The van der Waals surface area contributed by atoms with E-state index in [2.05, 4.69) is 10.6 Å². The van der Waals surface area contributed by atoms with Crippen LogP contribution in [0.15, 0.2) is 65.1 Å². The molecule has 0 fully saturated rings. The number of para-hydroxylation sites is 1. The van der Waals surface area contributed by atoms with Crippen molar-refractivity contribution in [1.82, 2.24) is 5.32 Å². The summed E-state index contributed by atoms with van der Waals surface area (Å²) in [5.41, 5.74) is 2.19. The number of carbonyl (C=O) groups is 1. The summed E-state index contributed by atoms with van der Waals surface area (Å²) in [5.74, 6) is -0.348.